The van der Waals surface area contributed by atoms with Crippen LogP contribution >= 0.6 is 0 Å². The van der Waals surface area contributed by atoms with Crippen molar-refractivity contribution in [1.82, 2.24) is 9.80 Å². The van der Waals surface area contributed by atoms with Gasteiger partial charge in [0.25, 0.3) is 0 Å². The number of amides is 1. The van der Waals surface area contributed by atoms with Gasteiger partial charge in [0.05, 0.1) is 5.41 Å². The lowest BCUT2D eigenvalue weighted by molar-refractivity contribution is -0.0509. The number of hydrogen-bond acceptors (Lipinski definition) is 3. The van der Waals surface area contributed by atoms with E-state index in [1.807, 2.05) is 39.0 Å². The maximum absolute atomic E-state index is 14.5. The van der Waals surface area contributed by atoms with Crippen molar-refractivity contribution < 1.29 is 13.9 Å². The first-order chi connectivity index (χ1) is 10.8. The van der Waals surface area contributed by atoms with Gasteiger partial charge in [-0.3, -0.25) is 4.90 Å². The maximum Gasteiger partial charge on any atom is 0.410 e. The molecule has 4 nitrogen and oxygen atoms in total. The van der Waals surface area contributed by atoms with Crippen molar-refractivity contribution in [3.8, 4) is 0 Å². The quantitative estimate of drug-likeness (QED) is 0.839. The van der Waals surface area contributed by atoms with E-state index < -0.39 is 17.2 Å². The van der Waals surface area contributed by atoms with Gasteiger partial charge in [-0.2, -0.15) is 0 Å². The van der Waals surface area contributed by atoms with Gasteiger partial charge < -0.3 is 9.64 Å². The Morgan fingerprint density at radius 3 is 2.52 bits per heavy atom. The molecule has 1 amide bonds. The van der Waals surface area contributed by atoms with Crippen molar-refractivity contribution in [2.24, 2.45) is 5.41 Å². The van der Waals surface area contributed by atoms with Gasteiger partial charge >= 0.3 is 6.09 Å². The molecule has 2 aliphatic heterocycles. The van der Waals surface area contributed by atoms with E-state index in [0.29, 0.717) is 26.2 Å². The van der Waals surface area contributed by atoms with Crippen molar-refractivity contribution in [2.75, 3.05) is 26.2 Å². The number of hydrogen-bond donors (Lipinski definition) is 0. The predicted molar refractivity (Wildman–Crippen MR) is 86.9 cm³/mol. The molecule has 1 aromatic rings. The van der Waals surface area contributed by atoms with E-state index in [2.05, 4.69) is 17.0 Å². The monoisotopic (exact) mass is 320 g/mol. The standard InChI is InChI=1S/C18H25FN2O2/c1-17(2,3)23-16(22)21-12-18(13-21)11-20(10-15(18)19)9-14-7-5-4-6-8-14/h4-8,15H,9-13H2,1-3H3. The highest BCUT2D eigenvalue weighted by atomic mass is 19.1. The largest absolute Gasteiger partial charge is 0.444 e. The van der Waals surface area contributed by atoms with E-state index in [-0.39, 0.29) is 6.09 Å². The fraction of sp³-hybridized carbons (Fsp3) is 0.611. The number of nitrogens with zero attached hydrogens (tertiary/aromatic N) is 2. The van der Waals surface area contributed by atoms with E-state index in [4.69, 9.17) is 4.74 Å². The molecule has 0 aliphatic carbocycles. The first-order valence-electron chi connectivity index (χ1n) is 8.16. The first kappa shape index (κ1) is 16.2. The van der Waals surface area contributed by atoms with Crippen LogP contribution in [-0.4, -0.2) is 53.8 Å². The molecule has 2 saturated heterocycles. The molecular weight excluding hydrogens is 295 g/mol. The molecule has 2 aliphatic rings. The highest BCUT2D eigenvalue weighted by molar-refractivity contribution is 5.69. The summed E-state index contributed by atoms with van der Waals surface area (Å²) < 4.78 is 19.9. The lowest BCUT2D eigenvalue weighted by Gasteiger charge is -2.48. The third-order valence-electron chi connectivity index (χ3n) is 4.53. The van der Waals surface area contributed by atoms with Gasteiger partial charge in [-0.1, -0.05) is 30.3 Å². The van der Waals surface area contributed by atoms with Crippen LogP contribution in [0.3, 0.4) is 0 Å². The van der Waals surface area contributed by atoms with Crippen molar-refractivity contribution >= 4 is 6.09 Å². The van der Waals surface area contributed by atoms with Gasteiger partial charge in [0.15, 0.2) is 0 Å². The van der Waals surface area contributed by atoms with Crippen LogP contribution in [0.25, 0.3) is 0 Å². The van der Waals surface area contributed by atoms with Crippen LogP contribution in [0, 0.1) is 5.41 Å². The molecule has 1 aromatic carbocycles. The molecule has 0 radical (unpaired) electrons. The molecule has 0 N–H and O–H groups in total. The molecule has 23 heavy (non-hydrogen) atoms. The van der Waals surface area contributed by atoms with Crippen LogP contribution in [-0.2, 0) is 11.3 Å². The number of alkyl halides is 1. The fourth-order valence-corrected chi connectivity index (χ4v) is 3.46. The minimum atomic E-state index is -0.884. The van der Waals surface area contributed by atoms with Crippen molar-refractivity contribution in [2.45, 2.75) is 39.1 Å². The Bertz CT molecular complexity index is 564. The average Bonchev–Trinajstić information content (AvgIpc) is 2.72. The Balaban J connectivity index is 1.55. The Labute approximate surface area is 137 Å². The zero-order chi connectivity index (χ0) is 16.7. The molecule has 0 aromatic heterocycles. The third kappa shape index (κ3) is 3.50. The highest BCUT2D eigenvalue weighted by Gasteiger charge is 2.56. The Hall–Kier alpha value is -1.62. The van der Waals surface area contributed by atoms with Crippen LogP contribution in [0.15, 0.2) is 30.3 Å². The minimum absolute atomic E-state index is 0.336. The molecule has 126 valence electrons. The number of rotatable bonds is 2. The lowest BCUT2D eigenvalue weighted by Crippen LogP contribution is -2.63. The molecule has 5 heteroatoms. The second kappa shape index (κ2) is 5.78. The van der Waals surface area contributed by atoms with E-state index in [1.165, 1.54) is 5.56 Å². The number of halogens is 1. The maximum atomic E-state index is 14.5. The topological polar surface area (TPSA) is 32.8 Å². The van der Waals surface area contributed by atoms with E-state index in [1.54, 1.807) is 4.90 Å². The molecule has 2 heterocycles. The van der Waals surface area contributed by atoms with Crippen LogP contribution < -0.4 is 0 Å². The summed E-state index contributed by atoms with van der Waals surface area (Å²) in [5.74, 6) is 0. The lowest BCUT2D eigenvalue weighted by atomic mass is 9.78. The molecule has 1 atom stereocenters. The van der Waals surface area contributed by atoms with Gasteiger partial charge in [0, 0.05) is 32.7 Å². The van der Waals surface area contributed by atoms with Gasteiger partial charge in [-0.15, -0.1) is 0 Å². The molecule has 1 spiro atoms. The van der Waals surface area contributed by atoms with Crippen molar-refractivity contribution in [1.29, 1.82) is 0 Å². The van der Waals surface area contributed by atoms with Gasteiger partial charge in [0.1, 0.15) is 11.8 Å². The molecular formula is C18H25FN2O2. The summed E-state index contributed by atoms with van der Waals surface area (Å²) in [5.41, 5.74) is 0.274. The number of ether oxygens (including phenoxy) is 1. The molecule has 0 bridgehead atoms. The normalized spacial score (nSPS) is 23.8. The van der Waals surface area contributed by atoms with E-state index >= 15 is 0 Å². The van der Waals surface area contributed by atoms with Gasteiger partial charge in [0.2, 0.25) is 0 Å². The second-order valence-corrected chi connectivity index (χ2v) is 7.82. The Kier molecular flexibility index (Phi) is 4.08. The third-order valence-corrected chi connectivity index (χ3v) is 4.53. The molecule has 3 rings (SSSR count). The first-order valence-corrected chi connectivity index (χ1v) is 8.16. The summed E-state index contributed by atoms with van der Waals surface area (Å²) in [6.45, 7) is 8.33. The number of likely N-dealkylation sites (tertiary alicyclic amines) is 2. The van der Waals surface area contributed by atoms with Crippen LogP contribution in [0.1, 0.15) is 26.3 Å². The summed E-state index contributed by atoms with van der Waals surface area (Å²) in [7, 11) is 0. The second-order valence-electron chi connectivity index (χ2n) is 7.82. The van der Waals surface area contributed by atoms with Crippen LogP contribution in [0.4, 0.5) is 9.18 Å². The van der Waals surface area contributed by atoms with E-state index in [9.17, 15) is 9.18 Å². The predicted octanol–water partition coefficient (Wildman–Crippen LogP) is 3.08. The number of carbonyl (C=O) groups is 1. The summed E-state index contributed by atoms with van der Waals surface area (Å²) in [6.07, 6.45) is -1.22. The minimum Gasteiger partial charge on any atom is -0.444 e. The summed E-state index contributed by atoms with van der Waals surface area (Å²) in [4.78, 5) is 15.8. The smallest absolute Gasteiger partial charge is 0.410 e. The van der Waals surface area contributed by atoms with E-state index in [0.717, 1.165) is 6.54 Å². The molecule has 0 saturated carbocycles. The summed E-state index contributed by atoms with van der Waals surface area (Å²) >= 11 is 0. The van der Waals surface area contributed by atoms with Crippen LogP contribution in [0.2, 0.25) is 0 Å². The molecule has 1 unspecified atom stereocenters. The SMILES string of the molecule is CC(C)(C)OC(=O)N1CC2(CN(Cc3ccccc3)CC2F)C1. The fourth-order valence-electron chi connectivity index (χ4n) is 3.46. The van der Waals surface area contributed by atoms with Gasteiger partial charge in [-0.05, 0) is 26.3 Å². The number of benzene rings is 1. The Morgan fingerprint density at radius 2 is 1.91 bits per heavy atom. The molecule has 2 fully saturated rings. The van der Waals surface area contributed by atoms with Gasteiger partial charge in [-0.25, -0.2) is 9.18 Å². The number of carbonyl (C=O) groups excluding carboxylic acids is 1. The Morgan fingerprint density at radius 1 is 1.26 bits per heavy atom. The average molecular weight is 320 g/mol. The van der Waals surface area contributed by atoms with Crippen LogP contribution in [0.5, 0.6) is 0 Å². The van der Waals surface area contributed by atoms with Crippen molar-refractivity contribution in [3.63, 3.8) is 0 Å². The zero-order valence-electron chi connectivity index (χ0n) is 14.1. The van der Waals surface area contributed by atoms with Crippen molar-refractivity contribution in [3.05, 3.63) is 35.9 Å². The highest BCUT2D eigenvalue weighted by Crippen LogP contribution is 2.42. The zero-order valence-corrected chi connectivity index (χ0v) is 14.1. The summed E-state index contributed by atoms with van der Waals surface area (Å²) in [5, 5.41) is 0. The summed E-state index contributed by atoms with van der Waals surface area (Å²) in [6, 6.07) is 10.1.